The van der Waals surface area contributed by atoms with Gasteiger partial charge in [-0.25, -0.2) is 0 Å². The quantitative estimate of drug-likeness (QED) is 0.612. The predicted octanol–water partition coefficient (Wildman–Crippen LogP) is 1.76. The second-order valence-electron chi connectivity index (χ2n) is 2.05. The van der Waals surface area contributed by atoms with Gasteiger partial charge in [-0.3, -0.25) is 0 Å². The van der Waals surface area contributed by atoms with Crippen LogP contribution in [0.25, 0.3) is 0 Å². The Morgan fingerprint density at radius 1 is 1.17 bits per heavy atom. The second-order valence-corrected chi connectivity index (χ2v) is 2.05. The molecule has 5 heteroatoms. The first-order valence-electron chi connectivity index (χ1n) is 2.86. The van der Waals surface area contributed by atoms with Gasteiger partial charge < -0.3 is 5.11 Å². The van der Waals surface area contributed by atoms with Crippen LogP contribution in [0.2, 0.25) is 0 Å². The van der Waals surface area contributed by atoms with Gasteiger partial charge >= 0.3 is 35.7 Å². The molecule has 0 spiro atoms. The fraction of sp³-hybridized carbons (Fsp3) is 0.143. The fourth-order valence-electron chi connectivity index (χ4n) is 0.682. The van der Waals surface area contributed by atoms with Gasteiger partial charge in [0, 0.05) is 0 Å². The van der Waals surface area contributed by atoms with Crippen LogP contribution in [0.5, 0.6) is 5.75 Å². The standard InChI is InChI=1S/C7H5F3O.Na.H/c8-7(9,10)5-2-1-3-6(11)4-5;;/h1-4,11H;;. The predicted molar refractivity (Wildman–Crippen MR) is 40.3 cm³/mol. The Labute approximate surface area is 89.5 Å². The average Bonchev–Trinajstić information content (AvgIpc) is 1.86. The third-order valence-electron chi connectivity index (χ3n) is 1.17. The van der Waals surface area contributed by atoms with Crippen LogP contribution in [0.4, 0.5) is 13.2 Å². The number of alkyl halides is 3. The van der Waals surface area contributed by atoms with E-state index in [9.17, 15) is 13.2 Å². The van der Waals surface area contributed by atoms with Gasteiger partial charge in [0.05, 0.1) is 5.56 Å². The van der Waals surface area contributed by atoms with Crippen LogP contribution in [0, 0.1) is 0 Å². The van der Waals surface area contributed by atoms with Crippen LogP contribution in [0.15, 0.2) is 24.3 Å². The molecule has 0 aromatic heterocycles. The van der Waals surface area contributed by atoms with Crippen molar-refractivity contribution in [2.45, 2.75) is 6.18 Å². The van der Waals surface area contributed by atoms with E-state index in [1.165, 1.54) is 6.07 Å². The molecule has 1 aromatic rings. The van der Waals surface area contributed by atoms with E-state index >= 15 is 0 Å². The van der Waals surface area contributed by atoms with Crippen molar-refractivity contribution in [1.82, 2.24) is 0 Å². The number of benzene rings is 1. The molecule has 0 unspecified atom stereocenters. The van der Waals surface area contributed by atoms with Crippen LogP contribution in [0.3, 0.4) is 0 Å². The minimum absolute atomic E-state index is 0. The van der Waals surface area contributed by atoms with Crippen molar-refractivity contribution in [1.29, 1.82) is 0 Å². The summed E-state index contributed by atoms with van der Waals surface area (Å²) in [6.07, 6.45) is -4.38. The second kappa shape index (κ2) is 4.16. The average molecular weight is 186 g/mol. The summed E-state index contributed by atoms with van der Waals surface area (Å²) in [5.74, 6) is -0.375. The molecule has 1 rings (SSSR count). The van der Waals surface area contributed by atoms with Gasteiger partial charge in [0.25, 0.3) is 0 Å². The summed E-state index contributed by atoms with van der Waals surface area (Å²) in [5, 5.41) is 8.68. The summed E-state index contributed by atoms with van der Waals surface area (Å²) < 4.78 is 35.6. The SMILES string of the molecule is Oc1cccc(C(F)(F)F)c1.[NaH]. The molecule has 0 fully saturated rings. The number of halogens is 3. The van der Waals surface area contributed by atoms with E-state index in [1.807, 2.05) is 0 Å². The molecule has 0 radical (unpaired) electrons. The number of hydrogen-bond donors (Lipinski definition) is 1. The van der Waals surface area contributed by atoms with E-state index in [-0.39, 0.29) is 35.3 Å². The van der Waals surface area contributed by atoms with Crippen LogP contribution in [0.1, 0.15) is 5.56 Å². The first-order valence-corrected chi connectivity index (χ1v) is 2.86. The number of rotatable bonds is 0. The van der Waals surface area contributed by atoms with Crippen LogP contribution >= 0.6 is 0 Å². The molecule has 0 aliphatic rings. The van der Waals surface area contributed by atoms with Crippen LogP contribution < -0.4 is 0 Å². The van der Waals surface area contributed by atoms with Gasteiger partial charge in [-0.2, -0.15) is 13.2 Å². The van der Waals surface area contributed by atoms with Crippen molar-refractivity contribution in [3.05, 3.63) is 29.8 Å². The number of phenolic OH excluding ortho intramolecular Hbond substituents is 1. The van der Waals surface area contributed by atoms with Crippen LogP contribution in [-0.4, -0.2) is 34.7 Å². The Bertz CT molecular complexity index is 259. The summed E-state index contributed by atoms with van der Waals surface area (Å²) in [6, 6.07) is 3.92. The van der Waals surface area contributed by atoms with Gasteiger partial charge in [-0.15, -0.1) is 0 Å². The molecular formula is C7H6F3NaO. The first-order chi connectivity index (χ1) is 5.00. The van der Waals surface area contributed by atoms with Crippen molar-refractivity contribution >= 4 is 29.6 Å². The zero-order chi connectivity index (χ0) is 8.48. The Morgan fingerprint density at radius 2 is 1.75 bits per heavy atom. The molecule has 0 saturated carbocycles. The maximum absolute atomic E-state index is 11.9. The zero-order valence-electron chi connectivity index (χ0n) is 5.39. The van der Waals surface area contributed by atoms with E-state index in [0.717, 1.165) is 12.1 Å². The summed E-state index contributed by atoms with van der Waals surface area (Å²) in [4.78, 5) is 0. The number of aromatic hydroxyl groups is 1. The van der Waals surface area contributed by atoms with Crippen molar-refractivity contribution in [3.63, 3.8) is 0 Å². The van der Waals surface area contributed by atoms with Gasteiger partial charge in [0.15, 0.2) is 0 Å². The van der Waals surface area contributed by atoms with Crippen molar-refractivity contribution in [3.8, 4) is 5.75 Å². The molecule has 0 aliphatic heterocycles. The van der Waals surface area contributed by atoms with E-state index in [1.54, 1.807) is 0 Å². The summed E-state index contributed by atoms with van der Waals surface area (Å²) in [6.45, 7) is 0. The third-order valence-corrected chi connectivity index (χ3v) is 1.17. The summed E-state index contributed by atoms with van der Waals surface area (Å²) in [5.41, 5.74) is -0.836. The van der Waals surface area contributed by atoms with E-state index < -0.39 is 11.7 Å². The van der Waals surface area contributed by atoms with Gasteiger partial charge in [-0.05, 0) is 18.2 Å². The maximum atomic E-state index is 11.9. The molecule has 0 aliphatic carbocycles. The normalized spacial score (nSPS) is 10.6. The van der Waals surface area contributed by atoms with E-state index in [0.29, 0.717) is 6.07 Å². The molecule has 12 heavy (non-hydrogen) atoms. The van der Waals surface area contributed by atoms with Gasteiger partial charge in [0.2, 0.25) is 0 Å². The van der Waals surface area contributed by atoms with Crippen molar-refractivity contribution in [2.24, 2.45) is 0 Å². The Morgan fingerprint density at radius 3 is 2.08 bits per heavy atom. The molecule has 1 aromatic carbocycles. The molecule has 0 saturated heterocycles. The zero-order valence-corrected chi connectivity index (χ0v) is 5.39. The van der Waals surface area contributed by atoms with E-state index in [2.05, 4.69) is 0 Å². The van der Waals surface area contributed by atoms with Crippen LogP contribution in [-0.2, 0) is 6.18 Å². The molecule has 0 heterocycles. The Hall–Kier alpha value is -0.190. The van der Waals surface area contributed by atoms with Crippen molar-refractivity contribution in [2.75, 3.05) is 0 Å². The molecule has 0 amide bonds. The fourth-order valence-corrected chi connectivity index (χ4v) is 0.682. The third kappa shape index (κ3) is 3.05. The molecule has 62 valence electrons. The topological polar surface area (TPSA) is 20.2 Å². The van der Waals surface area contributed by atoms with Crippen molar-refractivity contribution < 1.29 is 18.3 Å². The first kappa shape index (κ1) is 11.8. The Balaban J connectivity index is 0.00000121. The summed E-state index contributed by atoms with van der Waals surface area (Å²) >= 11 is 0. The minimum atomic E-state index is -4.38. The molecule has 0 atom stereocenters. The number of hydrogen-bond acceptors (Lipinski definition) is 1. The Kier molecular flexibility index (Phi) is 4.10. The molecular weight excluding hydrogens is 180 g/mol. The van der Waals surface area contributed by atoms with Gasteiger partial charge in [-0.1, -0.05) is 6.07 Å². The van der Waals surface area contributed by atoms with E-state index in [4.69, 9.17) is 5.11 Å². The molecule has 1 nitrogen and oxygen atoms in total. The molecule has 1 N–H and O–H groups in total. The van der Waals surface area contributed by atoms with Gasteiger partial charge in [0.1, 0.15) is 5.75 Å². The monoisotopic (exact) mass is 186 g/mol. The molecule has 0 bridgehead atoms. The number of phenols is 1. The summed E-state index contributed by atoms with van der Waals surface area (Å²) in [7, 11) is 0.